The van der Waals surface area contributed by atoms with Gasteiger partial charge in [0.15, 0.2) is 0 Å². The lowest BCUT2D eigenvalue weighted by atomic mass is 9.63. The molecule has 1 spiro atoms. The van der Waals surface area contributed by atoms with E-state index in [1.807, 2.05) is 0 Å². The molecule has 0 aliphatic heterocycles. The van der Waals surface area contributed by atoms with Crippen molar-refractivity contribution in [3.63, 3.8) is 0 Å². The fourth-order valence-electron chi connectivity index (χ4n) is 2.71. The molecule has 1 unspecified atom stereocenters. The lowest BCUT2D eigenvalue weighted by Crippen LogP contribution is -2.53. The number of methoxy groups -OCH3 is 1. The first kappa shape index (κ1) is 10.1. The van der Waals surface area contributed by atoms with Crippen molar-refractivity contribution in [1.29, 1.82) is 0 Å². The molecule has 1 atom stereocenters. The van der Waals surface area contributed by atoms with E-state index < -0.39 is 0 Å². The Hall–Kier alpha value is -0.410. The second kappa shape index (κ2) is 3.99. The van der Waals surface area contributed by atoms with Gasteiger partial charge in [0.1, 0.15) is 5.78 Å². The summed E-state index contributed by atoms with van der Waals surface area (Å²) in [6.45, 7) is 1.25. The summed E-state index contributed by atoms with van der Waals surface area (Å²) >= 11 is 0. The van der Waals surface area contributed by atoms with E-state index in [4.69, 9.17) is 9.47 Å². The second-order valence-corrected chi connectivity index (χ2v) is 4.34. The summed E-state index contributed by atoms with van der Waals surface area (Å²) in [7, 11) is 1.67. The van der Waals surface area contributed by atoms with Gasteiger partial charge in [-0.05, 0) is 12.8 Å². The summed E-state index contributed by atoms with van der Waals surface area (Å²) in [6, 6.07) is 0. The first-order chi connectivity index (χ1) is 6.79. The monoisotopic (exact) mass is 198 g/mol. The van der Waals surface area contributed by atoms with Crippen LogP contribution >= 0.6 is 0 Å². The molecular weight excluding hydrogens is 180 g/mol. The van der Waals surface area contributed by atoms with Crippen molar-refractivity contribution in [3.05, 3.63) is 0 Å². The van der Waals surface area contributed by atoms with Crippen molar-refractivity contribution in [3.8, 4) is 0 Å². The Bertz CT molecular complexity index is 219. The Morgan fingerprint density at radius 2 is 2.07 bits per heavy atom. The van der Waals surface area contributed by atoms with Crippen LogP contribution in [0.4, 0.5) is 0 Å². The van der Waals surface area contributed by atoms with Crippen molar-refractivity contribution < 1.29 is 14.3 Å². The zero-order valence-corrected chi connectivity index (χ0v) is 8.75. The highest BCUT2D eigenvalue weighted by atomic mass is 16.5. The largest absolute Gasteiger partial charge is 0.382 e. The third-order valence-corrected chi connectivity index (χ3v) is 3.64. The maximum Gasteiger partial charge on any atom is 0.144 e. The van der Waals surface area contributed by atoms with Gasteiger partial charge in [-0.3, -0.25) is 4.79 Å². The number of ketones is 1. The molecule has 2 fully saturated rings. The molecule has 3 nitrogen and oxygen atoms in total. The van der Waals surface area contributed by atoms with Gasteiger partial charge in [0.2, 0.25) is 0 Å². The average molecular weight is 198 g/mol. The molecule has 0 saturated heterocycles. The molecule has 0 aromatic heterocycles. The van der Waals surface area contributed by atoms with E-state index in [0.29, 0.717) is 25.4 Å². The van der Waals surface area contributed by atoms with Gasteiger partial charge in [0.05, 0.1) is 24.7 Å². The molecule has 0 amide bonds. The number of Topliss-reactive ketones (excluding diaryl/α,β-unsaturated/α-hetero) is 1. The van der Waals surface area contributed by atoms with Gasteiger partial charge in [-0.15, -0.1) is 0 Å². The molecule has 0 N–H and O–H groups in total. The lowest BCUT2D eigenvalue weighted by molar-refractivity contribution is -0.164. The Balaban J connectivity index is 1.85. The summed E-state index contributed by atoms with van der Waals surface area (Å²) in [6.07, 6.45) is 5.29. The topological polar surface area (TPSA) is 35.5 Å². The van der Waals surface area contributed by atoms with E-state index in [-0.39, 0.29) is 11.5 Å². The molecule has 0 aromatic carbocycles. The van der Waals surface area contributed by atoms with Gasteiger partial charge in [-0.1, -0.05) is 12.8 Å². The number of rotatable bonds is 4. The fraction of sp³-hybridized carbons (Fsp3) is 0.909. The molecule has 0 radical (unpaired) electrons. The van der Waals surface area contributed by atoms with Crippen molar-refractivity contribution in [2.24, 2.45) is 5.41 Å². The zero-order chi connectivity index (χ0) is 10.0. The highest BCUT2D eigenvalue weighted by Gasteiger charge is 2.56. The normalized spacial score (nSPS) is 29.5. The minimum atomic E-state index is -0.0757. The Labute approximate surface area is 84.8 Å². The van der Waals surface area contributed by atoms with E-state index >= 15 is 0 Å². The van der Waals surface area contributed by atoms with Crippen LogP contribution in [0.3, 0.4) is 0 Å². The summed E-state index contributed by atoms with van der Waals surface area (Å²) in [4.78, 5) is 11.6. The predicted molar refractivity (Wildman–Crippen MR) is 52.1 cm³/mol. The van der Waals surface area contributed by atoms with Gasteiger partial charge < -0.3 is 9.47 Å². The summed E-state index contributed by atoms with van der Waals surface area (Å²) in [5.74, 6) is 0.428. The van der Waals surface area contributed by atoms with Crippen LogP contribution in [0.1, 0.15) is 32.1 Å². The van der Waals surface area contributed by atoms with Crippen LogP contribution in [0.2, 0.25) is 0 Å². The number of hydrogen-bond acceptors (Lipinski definition) is 3. The standard InChI is InChI=1S/C11H18O3/c1-13-6-7-14-10-8-9(12)11(10)4-2-3-5-11/h10H,2-8H2,1H3. The van der Waals surface area contributed by atoms with Gasteiger partial charge in [0, 0.05) is 13.5 Å². The smallest absolute Gasteiger partial charge is 0.144 e. The van der Waals surface area contributed by atoms with Gasteiger partial charge in [0.25, 0.3) is 0 Å². The minimum Gasteiger partial charge on any atom is -0.382 e. The van der Waals surface area contributed by atoms with Crippen LogP contribution in [0.15, 0.2) is 0 Å². The van der Waals surface area contributed by atoms with Gasteiger partial charge in [-0.25, -0.2) is 0 Å². The predicted octanol–water partition coefficient (Wildman–Crippen LogP) is 1.55. The van der Waals surface area contributed by atoms with E-state index in [9.17, 15) is 4.79 Å². The fourth-order valence-corrected chi connectivity index (χ4v) is 2.71. The molecule has 80 valence electrons. The molecule has 14 heavy (non-hydrogen) atoms. The van der Waals surface area contributed by atoms with Crippen LogP contribution in [-0.4, -0.2) is 32.2 Å². The summed E-state index contributed by atoms with van der Waals surface area (Å²) in [5, 5.41) is 0. The van der Waals surface area contributed by atoms with Gasteiger partial charge in [-0.2, -0.15) is 0 Å². The van der Waals surface area contributed by atoms with E-state index in [1.165, 1.54) is 12.8 Å². The molecule has 0 heterocycles. The van der Waals surface area contributed by atoms with Crippen LogP contribution in [0, 0.1) is 5.41 Å². The summed E-state index contributed by atoms with van der Waals surface area (Å²) < 4.78 is 10.6. The Morgan fingerprint density at radius 1 is 1.36 bits per heavy atom. The van der Waals surface area contributed by atoms with Crippen LogP contribution in [0.25, 0.3) is 0 Å². The van der Waals surface area contributed by atoms with E-state index in [2.05, 4.69) is 0 Å². The molecule has 2 saturated carbocycles. The second-order valence-electron chi connectivity index (χ2n) is 4.34. The average Bonchev–Trinajstić information content (AvgIpc) is 2.68. The quantitative estimate of drug-likeness (QED) is 0.643. The van der Waals surface area contributed by atoms with Crippen molar-refractivity contribution in [1.82, 2.24) is 0 Å². The molecule has 3 heteroatoms. The Morgan fingerprint density at radius 3 is 2.64 bits per heavy atom. The first-order valence-electron chi connectivity index (χ1n) is 5.43. The highest BCUT2D eigenvalue weighted by Crippen LogP contribution is 2.51. The van der Waals surface area contributed by atoms with Crippen molar-refractivity contribution >= 4 is 5.78 Å². The Kier molecular flexibility index (Phi) is 2.88. The number of carbonyl (C=O) groups excluding carboxylic acids is 1. The third-order valence-electron chi connectivity index (χ3n) is 3.64. The van der Waals surface area contributed by atoms with Gasteiger partial charge >= 0.3 is 0 Å². The third kappa shape index (κ3) is 1.48. The van der Waals surface area contributed by atoms with E-state index in [1.54, 1.807) is 7.11 Å². The minimum absolute atomic E-state index is 0.0757. The molecule has 2 aliphatic rings. The maximum atomic E-state index is 11.6. The molecule has 0 aromatic rings. The molecule has 2 aliphatic carbocycles. The molecular formula is C11H18O3. The lowest BCUT2D eigenvalue weighted by Gasteiger charge is -2.44. The van der Waals surface area contributed by atoms with Crippen LogP contribution in [0.5, 0.6) is 0 Å². The van der Waals surface area contributed by atoms with Crippen LogP contribution in [-0.2, 0) is 14.3 Å². The van der Waals surface area contributed by atoms with Crippen LogP contribution < -0.4 is 0 Å². The number of carbonyl (C=O) groups is 1. The zero-order valence-electron chi connectivity index (χ0n) is 8.75. The SMILES string of the molecule is COCCOC1CC(=O)C12CCCC2. The highest BCUT2D eigenvalue weighted by molar-refractivity contribution is 5.92. The van der Waals surface area contributed by atoms with Crippen molar-refractivity contribution in [2.45, 2.75) is 38.2 Å². The van der Waals surface area contributed by atoms with Crippen molar-refractivity contribution in [2.75, 3.05) is 20.3 Å². The summed E-state index contributed by atoms with van der Waals surface area (Å²) in [5.41, 5.74) is -0.0757. The van der Waals surface area contributed by atoms with E-state index in [0.717, 1.165) is 12.8 Å². The number of ether oxygens (including phenoxy) is 2. The first-order valence-corrected chi connectivity index (χ1v) is 5.43. The maximum absolute atomic E-state index is 11.6. The molecule has 0 bridgehead atoms. The number of hydrogen-bond donors (Lipinski definition) is 0. The molecule has 2 rings (SSSR count).